The van der Waals surface area contributed by atoms with E-state index in [-0.39, 0.29) is 23.3 Å². The Balaban J connectivity index is 1.97. The number of hydrogen-bond donors (Lipinski definition) is 2. The van der Waals surface area contributed by atoms with Crippen molar-refractivity contribution in [1.82, 2.24) is 4.72 Å². The molecule has 0 spiro atoms. The molecular weight excluding hydrogens is 395 g/mol. The van der Waals surface area contributed by atoms with Crippen molar-refractivity contribution in [3.05, 3.63) is 58.1 Å². The van der Waals surface area contributed by atoms with Gasteiger partial charge >= 0.3 is 0 Å². The average Bonchev–Trinajstić information content (AvgIpc) is 2.56. The van der Waals surface area contributed by atoms with Gasteiger partial charge in [0, 0.05) is 12.5 Å². The maximum Gasteiger partial charge on any atom is 0.240 e. The van der Waals surface area contributed by atoms with Crippen LogP contribution in [0.25, 0.3) is 0 Å². The fraction of sp³-hybridized carbons (Fsp3) is 0.278. The summed E-state index contributed by atoms with van der Waals surface area (Å²) in [6, 6.07) is 11.3. The van der Waals surface area contributed by atoms with Crippen LogP contribution in [0.1, 0.15) is 25.8 Å². The van der Waals surface area contributed by atoms with Gasteiger partial charge in [0.25, 0.3) is 0 Å². The van der Waals surface area contributed by atoms with Crippen molar-refractivity contribution in [3.8, 4) is 0 Å². The van der Waals surface area contributed by atoms with Crippen LogP contribution < -0.4 is 10.0 Å². The standard InChI is InChI=1S/C18H20Cl2N2O3S/c1-12(2)22-26(24,25)14-9-6-13(7-10-14)8-11-17(23)21-18-15(19)4-3-5-16(18)20/h3-7,9-10,12,22H,8,11H2,1-2H3,(H,21,23). The number of para-hydroxylation sites is 1. The minimum absolute atomic E-state index is 0.181. The molecule has 0 aliphatic heterocycles. The number of aryl methyl sites for hydroxylation is 1. The van der Waals surface area contributed by atoms with E-state index in [9.17, 15) is 13.2 Å². The van der Waals surface area contributed by atoms with Gasteiger partial charge in [0.05, 0.1) is 20.6 Å². The zero-order valence-electron chi connectivity index (χ0n) is 14.4. The summed E-state index contributed by atoms with van der Waals surface area (Å²) in [6.45, 7) is 3.52. The summed E-state index contributed by atoms with van der Waals surface area (Å²) in [6.07, 6.45) is 0.684. The van der Waals surface area contributed by atoms with Gasteiger partial charge in [-0.3, -0.25) is 4.79 Å². The highest BCUT2D eigenvalue weighted by Crippen LogP contribution is 2.29. The Morgan fingerprint density at radius 3 is 2.15 bits per heavy atom. The van der Waals surface area contributed by atoms with Gasteiger partial charge in [-0.25, -0.2) is 13.1 Å². The molecule has 0 fully saturated rings. The largest absolute Gasteiger partial charge is 0.324 e. The minimum atomic E-state index is -3.52. The number of hydrogen-bond acceptors (Lipinski definition) is 3. The minimum Gasteiger partial charge on any atom is -0.324 e. The molecule has 0 radical (unpaired) electrons. The summed E-state index contributed by atoms with van der Waals surface area (Å²) in [5, 5.41) is 3.44. The highest BCUT2D eigenvalue weighted by molar-refractivity contribution is 7.89. The zero-order chi connectivity index (χ0) is 19.3. The molecule has 140 valence electrons. The van der Waals surface area contributed by atoms with Gasteiger partial charge in [0.15, 0.2) is 0 Å². The molecule has 0 aromatic heterocycles. The zero-order valence-corrected chi connectivity index (χ0v) is 16.8. The second-order valence-electron chi connectivity index (χ2n) is 6.06. The second kappa shape index (κ2) is 8.86. The Kier molecular flexibility index (Phi) is 7.06. The summed E-state index contributed by atoms with van der Waals surface area (Å²) >= 11 is 12.0. The second-order valence-corrected chi connectivity index (χ2v) is 8.59. The Hall–Kier alpha value is -1.60. The first kappa shape index (κ1) is 20.7. The average molecular weight is 415 g/mol. The quantitative estimate of drug-likeness (QED) is 0.710. The van der Waals surface area contributed by atoms with E-state index in [1.54, 1.807) is 44.2 Å². The lowest BCUT2D eigenvalue weighted by Gasteiger charge is -2.11. The van der Waals surface area contributed by atoms with Gasteiger partial charge in [-0.1, -0.05) is 41.4 Å². The van der Waals surface area contributed by atoms with Crippen LogP contribution in [-0.4, -0.2) is 20.4 Å². The fourth-order valence-corrected chi connectivity index (χ4v) is 4.03. The first-order chi connectivity index (χ1) is 12.2. The number of sulfonamides is 1. The Morgan fingerprint density at radius 1 is 1.04 bits per heavy atom. The highest BCUT2D eigenvalue weighted by atomic mass is 35.5. The van der Waals surface area contributed by atoms with Crippen LogP contribution in [0, 0.1) is 0 Å². The van der Waals surface area contributed by atoms with E-state index >= 15 is 0 Å². The molecular formula is C18H20Cl2N2O3S. The summed E-state index contributed by atoms with van der Waals surface area (Å²) in [5.74, 6) is -0.224. The van der Waals surface area contributed by atoms with Crippen LogP contribution in [-0.2, 0) is 21.2 Å². The van der Waals surface area contributed by atoms with E-state index in [1.165, 1.54) is 12.1 Å². The van der Waals surface area contributed by atoms with Crippen molar-refractivity contribution in [2.75, 3.05) is 5.32 Å². The van der Waals surface area contributed by atoms with Crippen LogP contribution in [0.5, 0.6) is 0 Å². The van der Waals surface area contributed by atoms with Crippen LogP contribution in [0.2, 0.25) is 10.0 Å². The van der Waals surface area contributed by atoms with Gasteiger partial charge in [-0.05, 0) is 50.1 Å². The summed E-state index contributed by atoms with van der Waals surface area (Å²) in [4.78, 5) is 12.3. The van der Waals surface area contributed by atoms with Crippen molar-refractivity contribution in [2.45, 2.75) is 37.6 Å². The smallest absolute Gasteiger partial charge is 0.240 e. The molecule has 0 aliphatic carbocycles. The third-order valence-electron chi connectivity index (χ3n) is 3.49. The van der Waals surface area contributed by atoms with E-state index < -0.39 is 10.0 Å². The molecule has 0 saturated heterocycles. The monoisotopic (exact) mass is 414 g/mol. The molecule has 26 heavy (non-hydrogen) atoms. The number of carbonyl (C=O) groups is 1. The van der Waals surface area contributed by atoms with Gasteiger partial charge in [-0.15, -0.1) is 0 Å². The molecule has 0 aliphatic rings. The number of nitrogens with one attached hydrogen (secondary N) is 2. The number of amides is 1. The molecule has 2 aromatic rings. The molecule has 0 heterocycles. The van der Waals surface area contributed by atoms with Crippen molar-refractivity contribution in [1.29, 1.82) is 0 Å². The van der Waals surface area contributed by atoms with Crippen molar-refractivity contribution in [3.63, 3.8) is 0 Å². The van der Waals surface area contributed by atoms with Crippen LogP contribution in [0.15, 0.2) is 47.4 Å². The lowest BCUT2D eigenvalue weighted by atomic mass is 10.1. The Morgan fingerprint density at radius 2 is 1.62 bits per heavy atom. The molecule has 2 rings (SSSR count). The van der Waals surface area contributed by atoms with Gasteiger partial charge in [-0.2, -0.15) is 0 Å². The predicted octanol–water partition coefficient (Wildman–Crippen LogP) is 4.25. The highest BCUT2D eigenvalue weighted by Gasteiger charge is 2.15. The molecule has 0 bridgehead atoms. The Labute approximate surface area is 163 Å². The molecule has 2 N–H and O–H groups in total. The van der Waals surface area contributed by atoms with Gasteiger partial charge in [0.2, 0.25) is 15.9 Å². The summed E-state index contributed by atoms with van der Waals surface area (Å²) in [5.41, 5.74) is 1.25. The van der Waals surface area contributed by atoms with E-state index in [2.05, 4.69) is 10.0 Å². The lowest BCUT2D eigenvalue weighted by molar-refractivity contribution is -0.116. The normalized spacial score (nSPS) is 11.6. The van der Waals surface area contributed by atoms with Crippen LogP contribution in [0.4, 0.5) is 5.69 Å². The third-order valence-corrected chi connectivity index (χ3v) is 5.80. The summed E-state index contributed by atoms with van der Waals surface area (Å²) < 4.78 is 26.7. The molecule has 1 amide bonds. The van der Waals surface area contributed by atoms with E-state index in [1.807, 2.05) is 0 Å². The Bertz CT molecular complexity index is 862. The van der Waals surface area contributed by atoms with Gasteiger partial charge in [0.1, 0.15) is 0 Å². The van der Waals surface area contributed by atoms with Crippen LogP contribution in [0.3, 0.4) is 0 Å². The van der Waals surface area contributed by atoms with Crippen molar-refractivity contribution >= 4 is 44.8 Å². The number of halogens is 2. The van der Waals surface area contributed by atoms with Gasteiger partial charge < -0.3 is 5.32 Å². The predicted molar refractivity (Wildman–Crippen MR) is 105 cm³/mol. The third kappa shape index (κ3) is 5.71. The SMILES string of the molecule is CC(C)NS(=O)(=O)c1ccc(CCC(=O)Nc2c(Cl)cccc2Cl)cc1. The molecule has 0 atom stereocenters. The molecule has 8 heteroatoms. The molecule has 0 saturated carbocycles. The molecule has 5 nitrogen and oxygen atoms in total. The number of rotatable bonds is 7. The summed E-state index contributed by atoms with van der Waals surface area (Å²) in [7, 11) is -3.52. The molecule has 2 aromatic carbocycles. The fourth-order valence-electron chi connectivity index (χ4n) is 2.29. The van der Waals surface area contributed by atoms with E-state index in [0.717, 1.165) is 5.56 Å². The maximum absolute atomic E-state index is 12.1. The number of anilines is 1. The van der Waals surface area contributed by atoms with E-state index in [4.69, 9.17) is 23.2 Å². The van der Waals surface area contributed by atoms with Crippen molar-refractivity contribution < 1.29 is 13.2 Å². The van der Waals surface area contributed by atoms with Crippen molar-refractivity contribution in [2.24, 2.45) is 0 Å². The first-order valence-corrected chi connectivity index (χ1v) is 10.3. The number of carbonyl (C=O) groups excluding carboxylic acids is 1. The lowest BCUT2D eigenvalue weighted by Crippen LogP contribution is -2.30. The first-order valence-electron chi connectivity index (χ1n) is 8.04. The van der Waals surface area contributed by atoms with Crippen LogP contribution >= 0.6 is 23.2 Å². The molecule has 0 unspecified atom stereocenters. The van der Waals surface area contributed by atoms with E-state index in [0.29, 0.717) is 22.2 Å². The number of benzene rings is 2. The topological polar surface area (TPSA) is 75.3 Å². The maximum atomic E-state index is 12.1.